The molecule has 19 nitrogen and oxygen atoms in total. The van der Waals surface area contributed by atoms with Crippen LogP contribution in [0.25, 0.3) is 22.1 Å². The topological polar surface area (TPSA) is 225 Å². The molecule has 0 bridgehead atoms. The number of fused-ring (bicyclic) bond motifs is 2. The fraction of sp³-hybridized carbons (Fsp3) is 0.386. The van der Waals surface area contributed by atoms with Gasteiger partial charge in [0.25, 0.3) is 17.4 Å². The van der Waals surface area contributed by atoms with Gasteiger partial charge >= 0.3 is 0 Å². The third-order valence-electron chi connectivity index (χ3n) is 12.9. The number of amides is 3. The Kier molecular flexibility index (Phi) is 10.6. The molecular formula is C44H45N15O4. The summed E-state index contributed by atoms with van der Waals surface area (Å²) in [6.45, 7) is 6.72. The first-order valence-corrected chi connectivity index (χ1v) is 21.4. The van der Waals surface area contributed by atoms with Gasteiger partial charge in [-0.15, -0.1) is 5.10 Å². The van der Waals surface area contributed by atoms with Crippen molar-refractivity contribution in [3.8, 4) is 6.07 Å². The van der Waals surface area contributed by atoms with Crippen LogP contribution in [-0.4, -0.2) is 114 Å². The Morgan fingerprint density at radius 2 is 1.65 bits per heavy atom. The number of nitrogens with one attached hydrogen (secondary N) is 3. The van der Waals surface area contributed by atoms with Crippen LogP contribution >= 0.6 is 0 Å². The van der Waals surface area contributed by atoms with Crippen LogP contribution in [0, 0.1) is 17.2 Å². The van der Waals surface area contributed by atoms with Crippen molar-refractivity contribution in [3.63, 3.8) is 0 Å². The van der Waals surface area contributed by atoms with E-state index in [1.54, 1.807) is 18.5 Å². The van der Waals surface area contributed by atoms with E-state index in [9.17, 15) is 24.4 Å². The number of rotatable bonds is 10. The maximum atomic E-state index is 13.4. The summed E-state index contributed by atoms with van der Waals surface area (Å²) in [7, 11) is 0. The van der Waals surface area contributed by atoms with Gasteiger partial charge < -0.3 is 25.0 Å². The van der Waals surface area contributed by atoms with E-state index in [2.05, 4.69) is 85.2 Å². The van der Waals surface area contributed by atoms with E-state index in [0.717, 1.165) is 80.4 Å². The smallest absolute Gasteiger partial charge is 0.278 e. The predicted molar refractivity (Wildman–Crippen MR) is 232 cm³/mol. The van der Waals surface area contributed by atoms with E-state index in [1.165, 1.54) is 18.2 Å². The molecule has 19 heteroatoms. The summed E-state index contributed by atoms with van der Waals surface area (Å²) < 4.78 is 3.15. The first-order valence-electron chi connectivity index (χ1n) is 21.4. The maximum Gasteiger partial charge on any atom is 0.278 e. The van der Waals surface area contributed by atoms with Crippen LogP contribution in [0.5, 0.6) is 0 Å². The monoisotopic (exact) mass is 847 g/mol. The van der Waals surface area contributed by atoms with Crippen molar-refractivity contribution >= 4 is 62.7 Å². The van der Waals surface area contributed by atoms with Gasteiger partial charge in [-0.05, 0) is 92.6 Å². The minimum atomic E-state index is -0.849. The highest BCUT2D eigenvalue weighted by Crippen LogP contribution is 2.36. The maximum absolute atomic E-state index is 13.4. The second-order valence-electron chi connectivity index (χ2n) is 16.8. The van der Waals surface area contributed by atoms with Gasteiger partial charge in [0.1, 0.15) is 29.6 Å². The Hall–Kier alpha value is -7.33. The van der Waals surface area contributed by atoms with Crippen molar-refractivity contribution in [3.05, 3.63) is 95.1 Å². The molecule has 4 fully saturated rings. The lowest BCUT2D eigenvalue weighted by Gasteiger charge is -2.40. The molecule has 7 heterocycles. The molecule has 2 aromatic carbocycles. The summed E-state index contributed by atoms with van der Waals surface area (Å²) in [4.78, 5) is 75.4. The lowest BCUT2D eigenvalue weighted by molar-refractivity contribution is -0.136. The van der Waals surface area contributed by atoms with Crippen LogP contribution in [0.15, 0.2) is 78.2 Å². The quantitative estimate of drug-likeness (QED) is 0.169. The molecule has 1 aliphatic carbocycles. The van der Waals surface area contributed by atoms with Crippen molar-refractivity contribution in [2.75, 3.05) is 60.9 Å². The number of hydrogen-bond acceptors (Lipinski definition) is 15. The molecule has 3 N–H and O–H groups in total. The van der Waals surface area contributed by atoms with E-state index < -0.39 is 11.9 Å². The summed E-state index contributed by atoms with van der Waals surface area (Å²) in [5.41, 5.74) is 4.92. The van der Waals surface area contributed by atoms with E-state index in [0.29, 0.717) is 41.0 Å². The second kappa shape index (κ2) is 16.9. The number of carbonyl (C=O) groups is 3. The van der Waals surface area contributed by atoms with Gasteiger partial charge in [0.15, 0.2) is 17.0 Å². The number of piperazine rings is 1. The van der Waals surface area contributed by atoms with Gasteiger partial charge in [-0.3, -0.25) is 29.4 Å². The summed E-state index contributed by atoms with van der Waals surface area (Å²) in [6.07, 6.45) is 8.74. The Morgan fingerprint density at radius 3 is 2.43 bits per heavy atom. The summed E-state index contributed by atoms with van der Waals surface area (Å²) in [6, 6.07) is 18.5. The van der Waals surface area contributed by atoms with Gasteiger partial charge in [0, 0.05) is 87.6 Å². The summed E-state index contributed by atoms with van der Waals surface area (Å²) in [5, 5.41) is 26.7. The van der Waals surface area contributed by atoms with Gasteiger partial charge in [-0.2, -0.15) is 9.94 Å². The number of imidazole rings is 1. The molecule has 320 valence electrons. The zero-order chi connectivity index (χ0) is 43.0. The van der Waals surface area contributed by atoms with Crippen molar-refractivity contribution in [1.29, 1.82) is 5.26 Å². The highest BCUT2D eigenvalue weighted by atomic mass is 16.2. The molecule has 0 spiro atoms. The van der Waals surface area contributed by atoms with E-state index in [1.807, 2.05) is 28.8 Å². The Labute approximate surface area is 361 Å². The predicted octanol–water partition coefficient (Wildman–Crippen LogP) is 3.09. The summed E-state index contributed by atoms with van der Waals surface area (Å²) >= 11 is 0. The molecule has 1 atom stereocenters. The number of benzene rings is 2. The largest absolute Gasteiger partial charge is 0.371 e. The lowest BCUT2D eigenvalue weighted by atomic mass is 9.86. The second-order valence-corrected chi connectivity index (χ2v) is 16.8. The van der Waals surface area contributed by atoms with Crippen LogP contribution in [0.4, 0.5) is 22.9 Å². The minimum absolute atomic E-state index is 0.0399. The third-order valence-corrected chi connectivity index (χ3v) is 12.9. The molecule has 3 amide bonds. The normalized spacial score (nSPS) is 20.9. The molecule has 4 aliphatic rings. The number of carbonyl (C=O) groups excluding carboxylic acids is 3. The van der Waals surface area contributed by atoms with Gasteiger partial charge in [0.2, 0.25) is 5.91 Å². The highest BCUT2D eigenvalue weighted by molar-refractivity contribution is 5.99. The minimum Gasteiger partial charge on any atom is -0.371 e. The van der Waals surface area contributed by atoms with Crippen LogP contribution in [0.2, 0.25) is 0 Å². The number of nitriles is 1. The average molecular weight is 848 g/mol. The number of anilines is 4. The van der Waals surface area contributed by atoms with E-state index in [4.69, 9.17) is 0 Å². The SMILES string of the molecule is N#Cc1cccnc1C(=O)NC1CC(n2cnc3c(Nc4ccc(N5CCN(CC6CCN(c7ccc8nnn(C9CCC(=O)NC9=O)c(=O)c8c7)CC6)CC5)cc4)ncnc32)C1. The van der Waals surface area contributed by atoms with Crippen molar-refractivity contribution in [2.45, 2.75) is 56.7 Å². The molecular weight excluding hydrogens is 803 g/mol. The van der Waals surface area contributed by atoms with Crippen molar-refractivity contribution in [2.24, 2.45) is 5.92 Å². The first kappa shape index (κ1) is 39.8. The fourth-order valence-corrected chi connectivity index (χ4v) is 9.25. The van der Waals surface area contributed by atoms with Crippen LogP contribution in [0.1, 0.15) is 66.7 Å². The molecule has 1 saturated carbocycles. The number of pyridine rings is 1. The van der Waals surface area contributed by atoms with Gasteiger partial charge in [-0.1, -0.05) is 5.21 Å². The number of imide groups is 1. The number of aromatic nitrogens is 8. The Bertz CT molecular complexity index is 2820. The molecule has 0 radical (unpaired) electrons. The van der Waals surface area contributed by atoms with Crippen LogP contribution in [-0.2, 0) is 9.59 Å². The fourth-order valence-electron chi connectivity index (χ4n) is 9.25. The molecule has 1 unspecified atom stereocenters. The molecule has 63 heavy (non-hydrogen) atoms. The molecule has 4 aromatic heterocycles. The lowest BCUT2D eigenvalue weighted by Crippen LogP contribution is -2.49. The first-order chi connectivity index (χ1) is 30.8. The number of hydrogen-bond donors (Lipinski definition) is 3. The standard InChI is InChI=1S/C44H45N15O4/c45-23-28-2-1-13-46-38(28)43(62)51-30-20-33(21-30)58-26-49-39-40(47-25-48-41(39)58)50-29-3-5-31(6-4-29)57-18-16-55(17-19-57)24-27-11-14-56(15-12-27)32-7-8-35-34(22-32)44(63)59(54-53-35)36-9-10-37(60)52-42(36)61/h1-8,13,22,25-27,30,33,36H,9-12,14-21,24H2,(H,51,62)(H,47,48,50)(H,52,60,61). The molecule has 6 aromatic rings. The molecule has 10 rings (SSSR count). The summed E-state index contributed by atoms with van der Waals surface area (Å²) in [5.74, 6) is -0.00374. The number of nitrogens with zero attached hydrogens (tertiary/aromatic N) is 12. The van der Waals surface area contributed by atoms with E-state index in [-0.39, 0.29) is 53.6 Å². The van der Waals surface area contributed by atoms with Crippen molar-refractivity contribution in [1.82, 2.24) is 55.0 Å². The van der Waals surface area contributed by atoms with E-state index >= 15 is 0 Å². The molecule has 3 saturated heterocycles. The Balaban J connectivity index is 0.691. The van der Waals surface area contributed by atoms with Crippen molar-refractivity contribution < 1.29 is 14.4 Å². The highest BCUT2D eigenvalue weighted by Gasteiger charge is 2.34. The third kappa shape index (κ3) is 8.00. The van der Waals surface area contributed by atoms with Crippen LogP contribution < -0.4 is 31.3 Å². The average Bonchev–Trinajstić information content (AvgIpc) is 3.73. The zero-order valence-corrected chi connectivity index (χ0v) is 34.4. The Morgan fingerprint density at radius 1 is 0.873 bits per heavy atom. The molecule has 3 aliphatic heterocycles. The van der Waals surface area contributed by atoms with Gasteiger partial charge in [0.05, 0.1) is 17.3 Å². The van der Waals surface area contributed by atoms with Gasteiger partial charge in [-0.25, -0.2) is 19.9 Å². The van der Waals surface area contributed by atoms with Crippen LogP contribution in [0.3, 0.4) is 0 Å². The zero-order valence-electron chi connectivity index (χ0n) is 34.4. The number of piperidine rings is 2.